The zero-order valence-electron chi connectivity index (χ0n) is 14.6. The molecule has 1 aliphatic heterocycles. The smallest absolute Gasteiger partial charge is 0.129 e. The number of aromatic amines is 2. The lowest BCUT2D eigenvalue weighted by molar-refractivity contribution is 0.0967. The number of nitrogens with zero attached hydrogens (tertiary/aromatic N) is 2. The number of fused-ring (bicyclic) bond motifs is 2. The predicted molar refractivity (Wildman–Crippen MR) is 103 cm³/mol. The van der Waals surface area contributed by atoms with Crippen molar-refractivity contribution in [3.63, 3.8) is 0 Å². The number of hydrogen-bond acceptors (Lipinski definition) is 3. The first-order valence-corrected chi connectivity index (χ1v) is 9.24. The van der Waals surface area contributed by atoms with E-state index in [1.807, 2.05) is 24.4 Å². The highest BCUT2D eigenvalue weighted by molar-refractivity contribution is 5.85. The molecule has 5 heteroatoms. The maximum Gasteiger partial charge on any atom is 0.129 e. The van der Waals surface area contributed by atoms with Crippen molar-refractivity contribution in [3.8, 4) is 5.75 Å². The van der Waals surface area contributed by atoms with Gasteiger partial charge in [-0.3, -0.25) is 4.90 Å². The number of likely N-dealkylation sites (tertiary alicyclic amines) is 1. The van der Waals surface area contributed by atoms with Crippen LogP contribution >= 0.6 is 0 Å². The van der Waals surface area contributed by atoms with Gasteiger partial charge in [-0.1, -0.05) is 18.2 Å². The van der Waals surface area contributed by atoms with Crippen LogP contribution in [0.1, 0.15) is 18.7 Å². The van der Waals surface area contributed by atoms with Gasteiger partial charge in [0, 0.05) is 30.2 Å². The van der Waals surface area contributed by atoms with E-state index < -0.39 is 0 Å². The molecule has 26 heavy (non-hydrogen) atoms. The van der Waals surface area contributed by atoms with Crippen LogP contribution in [0.3, 0.4) is 0 Å². The van der Waals surface area contributed by atoms with Gasteiger partial charge in [-0.15, -0.1) is 0 Å². The molecule has 1 fully saturated rings. The Bertz CT molecular complexity index is 994. The highest BCUT2D eigenvalue weighted by atomic mass is 16.5. The lowest BCUT2D eigenvalue weighted by Crippen LogP contribution is -2.38. The molecule has 2 N–H and O–H groups in total. The van der Waals surface area contributed by atoms with Crippen molar-refractivity contribution >= 4 is 21.9 Å². The predicted octanol–water partition coefficient (Wildman–Crippen LogP) is 4.09. The van der Waals surface area contributed by atoms with Crippen LogP contribution in [0.5, 0.6) is 5.75 Å². The Morgan fingerprint density at radius 3 is 2.73 bits per heavy atom. The third-order valence-electron chi connectivity index (χ3n) is 5.19. The minimum atomic E-state index is 0.280. The van der Waals surface area contributed by atoms with Crippen LogP contribution < -0.4 is 4.74 Å². The van der Waals surface area contributed by atoms with E-state index in [-0.39, 0.29) is 6.10 Å². The van der Waals surface area contributed by atoms with Crippen LogP contribution in [-0.2, 0) is 6.54 Å². The molecule has 3 heterocycles. The van der Waals surface area contributed by atoms with Gasteiger partial charge >= 0.3 is 0 Å². The van der Waals surface area contributed by atoms with Crippen LogP contribution in [0.15, 0.2) is 54.7 Å². The number of nitrogens with one attached hydrogen (secondary N) is 2. The summed E-state index contributed by atoms with van der Waals surface area (Å²) >= 11 is 0. The van der Waals surface area contributed by atoms with Crippen molar-refractivity contribution in [3.05, 3.63) is 60.6 Å². The molecule has 0 atom stereocenters. The molecule has 4 aromatic rings. The van der Waals surface area contributed by atoms with Crippen LogP contribution in [0.4, 0.5) is 0 Å². The molecular weight excluding hydrogens is 324 g/mol. The zero-order valence-corrected chi connectivity index (χ0v) is 14.6. The molecule has 0 unspecified atom stereocenters. The van der Waals surface area contributed by atoms with Crippen molar-refractivity contribution in [1.29, 1.82) is 0 Å². The second-order valence-electron chi connectivity index (χ2n) is 6.99. The highest BCUT2D eigenvalue weighted by Crippen LogP contribution is 2.27. The third-order valence-corrected chi connectivity index (χ3v) is 5.19. The summed E-state index contributed by atoms with van der Waals surface area (Å²) in [6, 6.07) is 16.5. The molecule has 2 aromatic carbocycles. The molecule has 0 amide bonds. The van der Waals surface area contributed by atoms with Crippen molar-refractivity contribution in [2.24, 2.45) is 0 Å². The summed E-state index contributed by atoms with van der Waals surface area (Å²) in [5.41, 5.74) is 3.28. The quantitative estimate of drug-likeness (QED) is 0.585. The third kappa shape index (κ3) is 2.95. The van der Waals surface area contributed by atoms with Gasteiger partial charge in [0.25, 0.3) is 0 Å². The van der Waals surface area contributed by atoms with E-state index in [1.54, 1.807) is 0 Å². The molecular formula is C21H22N4O. The first kappa shape index (κ1) is 15.5. The Balaban J connectivity index is 1.21. The first-order chi connectivity index (χ1) is 12.8. The lowest BCUT2D eigenvalue weighted by atomic mass is 10.1. The van der Waals surface area contributed by atoms with E-state index in [4.69, 9.17) is 4.74 Å². The van der Waals surface area contributed by atoms with E-state index in [0.717, 1.165) is 66.0 Å². The topological polar surface area (TPSA) is 56.9 Å². The molecule has 5 rings (SSSR count). The fraction of sp³-hybridized carbons (Fsp3) is 0.286. The van der Waals surface area contributed by atoms with Gasteiger partial charge in [-0.2, -0.15) is 0 Å². The van der Waals surface area contributed by atoms with Crippen LogP contribution in [0.2, 0.25) is 0 Å². The molecule has 132 valence electrons. The summed E-state index contributed by atoms with van der Waals surface area (Å²) in [4.78, 5) is 13.8. The number of H-pyrrole nitrogens is 2. The van der Waals surface area contributed by atoms with Gasteiger partial charge in [-0.05, 0) is 43.2 Å². The first-order valence-electron chi connectivity index (χ1n) is 9.24. The average Bonchev–Trinajstić information content (AvgIpc) is 3.30. The van der Waals surface area contributed by atoms with E-state index in [2.05, 4.69) is 50.2 Å². The second kappa shape index (κ2) is 6.50. The summed E-state index contributed by atoms with van der Waals surface area (Å²) in [7, 11) is 0. The Kier molecular flexibility index (Phi) is 3.87. The molecule has 1 saturated heterocycles. The highest BCUT2D eigenvalue weighted by Gasteiger charge is 2.22. The standard InChI is InChI=1S/C21H22N4O/c1-2-5-19-18(4-1)23-21(24-19)14-25-12-9-15(10-13-25)26-20-7-3-6-17-16(20)8-11-22-17/h1-8,11,15,22H,9-10,12-14H2,(H,23,24). The minimum absolute atomic E-state index is 0.280. The molecule has 0 bridgehead atoms. The van der Waals surface area contributed by atoms with Crippen molar-refractivity contribution in [2.45, 2.75) is 25.5 Å². The Morgan fingerprint density at radius 2 is 1.85 bits per heavy atom. The fourth-order valence-electron chi connectivity index (χ4n) is 3.82. The monoisotopic (exact) mass is 346 g/mol. The van der Waals surface area contributed by atoms with Crippen LogP contribution in [0.25, 0.3) is 21.9 Å². The van der Waals surface area contributed by atoms with Gasteiger partial charge in [0.15, 0.2) is 0 Å². The number of para-hydroxylation sites is 2. The molecule has 5 nitrogen and oxygen atoms in total. The van der Waals surface area contributed by atoms with Crippen LogP contribution in [-0.4, -0.2) is 39.0 Å². The number of piperidine rings is 1. The molecule has 0 radical (unpaired) electrons. The normalized spacial score (nSPS) is 16.5. The van der Waals surface area contributed by atoms with Gasteiger partial charge in [-0.25, -0.2) is 4.98 Å². The Morgan fingerprint density at radius 1 is 1.00 bits per heavy atom. The van der Waals surface area contributed by atoms with Gasteiger partial charge in [0.1, 0.15) is 17.7 Å². The SMILES string of the molecule is c1ccc2[nH]c(CN3CCC(Oc4cccc5[nH]ccc45)CC3)nc2c1. The van der Waals surface area contributed by atoms with Gasteiger partial charge < -0.3 is 14.7 Å². The number of rotatable bonds is 4. The number of hydrogen-bond donors (Lipinski definition) is 2. The number of aromatic nitrogens is 3. The lowest BCUT2D eigenvalue weighted by Gasteiger charge is -2.31. The van der Waals surface area contributed by atoms with Crippen LogP contribution in [0, 0.1) is 0 Å². The largest absolute Gasteiger partial charge is 0.490 e. The van der Waals surface area contributed by atoms with Gasteiger partial charge in [0.2, 0.25) is 0 Å². The van der Waals surface area contributed by atoms with E-state index >= 15 is 0 Å². The molecule has 0 saturated carbocycles. The van der Waals surface area contributed by atoms with E-state index in [1.165, 1.54) is 0 Å². The molecule has 2 aromatic heterocycles. The summed E-state index contributed by atoms with van der Waals surface area (Å²) < 4.78 is 6.30. The summed E-state index contributed by atoms with van der Waals surface area (Å²) in [6.45, 7) is 2.93. The Labute approximate surface area is 152 Å². The molecule has 1 aliphatic rings. The van der Waals surface area contributed by atoms with Crippen molar-refractivity contribution < 1.29 is 4.74 Å². The minimum Gasteiger partial charge on any atom is -0.490 e. The maximum absolute atomic E-state index is 6.30. The van der Waals surface area contributed by atoms with Crippen molar-refractivity contribution in [1.82, 2.24) is 19.9 Å². The average molecular weight is 346 g/mol. The zero-order chi connectivity index (χ0) is 17.3. The molecule has 0 spiro atoms. The summed E-state index contributed by atoms with van der Waals surface area (Å²) in [5, 5.41) is 1.16. The Hall–Kier alpha value is -2.79. The summed E-state index contributed by atoms with van der Waals surface area (Å²) in [6.07, 6.45) is 4.33. The number of imidazole rings is 1. The molecule has 0 aliphatic carbocycles. The second-order valence-corrected chi connectivity index (χ2v) is 6.99. The van der Waals surface area contributed by atoms with Gasteiger partial charge in [0.05, 0.1) is 17.6 Å². The van der Waals surface area contributed by atoms with Crippen molar-refractivity contribution in [2.75, 3.05) is 13.1 Å². The number of benzene rings is 2. The fourth-order valence-corrected chi connectivity index (χ4v) is 3.82. The van der Waals surface area contributed by atoms with E-state index in [9.17, 15) is 0 Å². The maximum atomic E-state index is 6.30. The summed E-state index contributed by atoms with van der Waals surface area (Å²) in [5.74, 6) is 2.03. The van der Waals surface area contributed by atoms with E-state index in [0.29, 0.717) is 0 Å². The number of ether oxygens (including phenoxy) is 1.